The van der Waals surface area contributed by atoms with Gasteiger partial charge in [-0.15, -0.1) is 0 Å². The fourth-order valence-corrected chi connectivity index (χ4v) is 3.50. The van der Waals surface area contributed by atoms with Gasteiger partial charge in [0.2, 0.25) is 0 Å². The molecule has 1 amide bonds. The molecule has 0 aliphatic carbocycles. The minimum absolute atomic E-state index is 0.0406. The Morgan fingerprint density at radius 1 is 1.31 bits per heavy atom. The third-order valence-electron chi connectivity index (χ3n) is 4.57. The number of Topliss-reactive ketones (excluding diaryl/α,β-unsaturated/α-hetero) is 1. The van der Waals surface area contributed by atoms with Crippen LogP contribution >= 0.6 is 0 Å². The van der Waals surface area contributed by atoms with Gasteiger partial charge in [-0.1, -0.05) is 0 Å². The summed E-state index contributed by atoms with van der Waals surface area (Å²) in [5.41, 5.74) is 2.29. The van der Waals surface area contributed by atoms with Crippen LogP contribution in [0.15, 0.2) is 12.3 Å². The van der Waals surface area contributed by atoms with E-state index in [0.717, 1.165) is 18.5 Å². The maximum Gasteiger partial charge on any atom is 0.410 e. The first kappa shape index (κ1) is 18.4. The molecule has 1 saturated heterocycles. The normalized spacial score (nSPS) is 18.2. The number of amides is 1. The minimum Gasteiger partial charge on any atom is -0.444 e. The van der Waals surface area contributed by atoms with Gasteiger partial charge >= 0.3 is 6.09 Å². The largest absolute Gasteiger partial charge is 0.444 e. The fourth-order valence-electron chi connectivity index (χ4n) is 3.50. The molecule has 1 atom stereocenters. The van der Waals surface area contributed by atoms with E-state index in [0.29, 0.717) is 30.0 Å². The first-order chi connectivity index (χ1) is 12.2. The van der Waals surface area contributed by atoms with Crippen LogP contribution in [0, 0.1) is 6.92 Å². The number of nitrogens with zero attached hydrogens (tertiary/aromatic N) is 4. The van der Waals surface area contributed by atoms with Crippen molar-refractivity contribution in [3.8, 4) is 0 Å². The molecular formula is C19H26N4O3. The highest BCUT2D eigenvalue weighted by Crippen LogP contribution is 2.29. The zero-order valence-electron chi connectivity index (χ0n) is 16.1. The van der Waals surface area contributed by atoms with Crippen molar-refractivity contribution in [1.29, 1.82) is 0 Å². The smallest absolute Gasteiger partial charge is 0.410 e. The zero-order chi connectivity index (χ0) is 19.1. The second-order valence-corrected chi connectivity index (χ2v) is 7.89. The average Bonchev–Trinajstić information content (AvgIpc) is 2.89. The lowest BCUT2D eigenvalue weighted by Gasteiger charge is -2.34. The highest BCUT2D eigenvalue weighted by molar-refractivity contribution is 6.00. The number of carbonyl (C=O) groups excluding carboxylic acids is 2. The molecule has 1 unspecified atom stereocenters. The van der Waals surface area contributed by atoms with E-state index in [9.17, 15) is 9.59 Å². The molecule has 2 aromatic rings. The van der Waals surface area contributed by atoms with Crippen molar-refractivity contribution in [3.05, 3.63) is 29.2 Å². The highest BCUT2D eigenvalue weighted by Gasteiger charge is 2.30. The number of aromatic nitrogens is 3. The zero-order valence-corrected chi connectivity index (χ0v) is 16.1. The Balaban J connectivity index is 1.90. The molecule has 7 heteroatoms. The van der Waals surface area contributed by atoms with Gasteiger partial charge in [0.25, 0.3) is 0 Å². The Hall–Kier alpha value is -2.44. The summed E-state index contributed by atoms with van der Waals surface area (Å²) < 4.78 is 7.27. The Kier molecular flexibility index (Phi) is 4.73. The average molecular weight is 358 g/mol. The molecule has 0 saturated carbocycles. The van der Waals surface area contributed by atoms with Gasteiger partial charge in [0, 0.05) is 25.2 Å². The van der Waals surface area contributed by atoms with E-state index in [-0.39, 0.29) is 17.8 Å². The number of aryl methyl sites for hydroxylation is 1. The number of fused-ring (bicyclic) bond motifs is 1. The second-order valence-electron chi connectivity index (χ2n) is 7.89. The van der Waals surface area contributed by atoms with Crippen molar-refractivity contribution in [2.75, 3.05) is 13.1 Å². The van der Waals surface area contributed by atoms with Crippen LogP contribution in [0.2, 0.25) is 0 Å². The molecule has 1 aliphatic heterocycles. The quantitative estimate of drug-likeness (QED) is 0.770. The number of hydrogen-bond donors (Lipinski definition) is 0. The third-order valence-corrected chi connectivity index (χ3v) is 4.57. The van der Waals surface area contributed by atoms with Crippen LogP contribution in [0.1, 0.15) is 68.2 Å². The van der Waals surface area contributed by atoms with Crippen LogP contribution in [0.4, 0.5) is 4.79 Å². The van der Waals surface area contributed by atoms with E-state index < -0.39 is 5.60 Å². The number of likely N-dealkylation sites (tertiary alicyclic amines) is 1. The van der Waals surface area contributed by atoms with Gasteiger partial charge in [-0.2, -0.15) is 5.10 Å². The van der Waals surface area contributed by atoms with Crippen molar-refractivity contribution in [2.45, 2.75) is 59.0 Å². The van der Waals surface area contributed by atoms with E-state index in [2.05, 4.69) is 10.1 Å². The van der Waals surface area contributed by atoms with Gasteiger partial charge in [-0.25, -0.2) is 14.3 Å². The highest BCUT2D eigenvalue weighted by atomic mass is 16.6. The third kappa shape index (κ3) is 3.57. The molecular weight excluding hydrogens is 332 g/mol. The van der Waals surface area contributed by atoms with Gasteiger partial charge in [0.1, 0.15) is 5.60 Å². The minimum atomic E-state index is -0.510. The summed E-state index contributed by atoms with van der Waals surface area (Å²) >= 11 is 0. The number of piperidine rings is 1. The standard InChI is InChI=1S/C19H26N4O3/c1-12-16(13(2)24)17-20-9-8-15(23(17)21-12)14-7-6-10-22(11-14)18(25)26-19(3,4)5/h8-9,14H,6-7,10-11H2,1-5H3. The molecule has 0 bridgehead atoms. The maximum absolute atomic E-state index is 12.4. The lowest BCUT2D eigenvalue weighted by molar-refractivity contribution is 0.0196. The summed E-state index contributed by atoms with van der Waals surface area (Å²) in [4.78, 5) is 30.5. The summed E-state index contributed by atoms with van der Waals surface area (Å²) in [5, 5.41) is 4.54. The Bertz CT molecular complexity index is 850. The van der Waals surface area contributed by atoms with Gasteiger partial charge in [0.15, 0.2) is 11.4 Å². The fraction of sp³-hybridized carbons (Fsp3) is 0.579. The topological polar surface area (TPSA) is 76.8 Å². The van der Waals surface area contributed by atoms with Crippen LogP contribution in [0.3, 0.4) is 0 Å². The molecule has 1 aliphatic rings. The molecule has 3 rings (SSSR count). The first-order valence-electron chi connectivity index (χ1n) is 9.00. The van der Waals surface area contributed by atoms with Crippen molar-refractivity contribution >= 4 is 17.5 Å². The molecule has 2 aromatic heterocycles. The van der Waals surface area contributed by atoms with Gasteiger partial charge in [0.05, 0.1) is 17.0 Å². The Morgan fingerprint density at radius 2 is 2.04 bits per heavy atom. The SMILES string of the molecule is CC(=O)c1c(C)nn2c(C3CCCN(C(=O)OC(C)(C)C)C3)ccnc12. The van der Waals surface area contributed by atoms with E-state index in [1.54, 1.807) is 15.6 Å². The van der Waals surface area contributed by atoms with Crippen molar-refractivity contribution in [1.82, 2.24) is 19.5 Å². The summed E-state index contributed by atoms with van der Waals surface area (Å²) in [7, 11) is 0. The van der Waals surface area contributed by atoms with Crippen molar-refractivity contribution in [2.24, 2.45) is 0 Å². The number of hydrogen-bond acceptors (Lipinski definition) is 5. The molecule has 26 heavy (non-hydrogen) atoms. The molecule has 0 radical (unpaired) electrons. The van der Waals surface area contributed by atoms with Gasteiger partial charge in [-0.05, 0) is 53.5 Å². The first-order valence-corrected chi connectivity index (χ1v) is 9.00. The molecule has 7 nitrogen and oxygen atoms in total. The lowest BCUT2D eigenvalue weighted by Crippen LogP contribution is -2.42. The number of rotatable bonds is 2. The van der Waals surface area contributed by atoms with E-state index >= 15 is 0 Å². The summed E-state index contributed by atoms with van der Waals surface area (Å²) in [6, 6.07) is 1.92. The van der Waals surface area contributed by atoms with Gasteiger partial charge in [-0.3, -0.25) is 4.79 Å². The van der Waals surface area contributed by atoms with Gasteiger partial charge < -0.3 is 9.64 Å². The number of ketones is 1. The monoisotopic (exact) mass is 358 g/mol. The van der Waals surface area contributed by atoms with Crippen molar-refractivity contribution in [3.63, 3.8) is 0 Å². The lowest BCUT2D eigenvalue weighted by atomic mass is 9.94. The van der Waals surface area contributed by atoms with Crippen LogP contribution in [-0.4, -0.2) is 50.1 Å². The van der Waals surface area contributed by atoms with Crippen molar-refractivity contribution < 1.29 is 14.3 Å². The Labute approximate surface area is 153 Å². The van der Waals surface area contributed by atoms with Crippen LogP contribution < -0.4 is 0 Å². The summed E-state index contributed by atoms with van der Waals surface area (Å²) in [6.07, 6.45) is 3.28. The predicted molar refractivity (Wildman–Crippen MR) is 97.5 cm³/mol. The summed E-state index contributed by atoms with van der Waals surface area (Å²) in [6.45, 7) is 10.2. The maximum atomic E-state index is 12.4. The number of ether oxygens (including phenoxy) is 1. The molecule has 0 spiro atoms. The molecule has 140 valence electrons. The predicted octanol–water partition coefficient (Wildman–Crippen LogP) is 3.35. The van der Waals surface area contributed by atoms with Crippen LogP contribution in [0.5, 0.6) is 0 Å². The van der Waals surface area contributed by atoms with E-state index in [1.807, 2.05) is 33.8 Å². The molecule has 0 N–H and O–H groups in total. The molecule has 1 fully saturated rings. The molecule has 3 heterocycles. The van der Waals surface area contributed by atoms with E-state index in [4.69, 9.17) is 4.74 Å². The van der Waals surface area contributed by atoms with Crippen LogP contribution in [-0.2, 0) is 4.74 Å². The van der Waals surface area contributed by atoms with Crippen LogP contribution in [0.25, 0.3) is 5.65 Å². The number of carbonyl (C=O) groups is 2. The van der Waals surface area contributed by atoms with E-state index in [1.165, 1.54) is 6.92 Å². The molecule has 0 aromatic carbocycles. The second kappa shape index (κ2) is 6.70. The summed E-state index contributed by atoms with van der Waals surface area (Å²) in [5.74, 6) is 0.0852. The Morgan fingerprint density at radius 3 is 2.69 bits per heavy atom.